The number of para-hydroxylation sites is 2. The smallest absolute Gasteiger partial charge is 0.237 e. The molecule has 5 rings (SSSR count). The number of rotatable bonds is 4. The van der Waals surface area contributed by atoms with Crippen molar-refractivity contribution < 1.29 is 4.79 Å². The summed E-state index contributed by atoms with van der Waals surface area (Å²) in [6.07, 6.45) is 3.01. The highest BCUT2D eigenvalue weighted by molar-refractivity contribution is 7.10. The standard InChI is InChI=1S/C23H29N5OS/c1-2-20-17-9-15-30-21(17)8-12-28(20)22(29)16-26-10-5-11-27(14-13-26)23-24-18-6-3-4-7-19(18)25-23/h3-4,6-7,9,15,20H,2,5,8,10-14,16H2,1H3,(H,24,25). The van der Waals surface area contributed by atoms with Crippen LogP contribution in [0.4, 0.5) is 5.95 Å². The number of fused-ring (bicyclic) bond motifs is 2. The van der Waals surface area contributed by atoms with E-state index in [1.807, 2.05) is 29.5 Å². The Morgan fingerprint density at radius 1 is 1.17 bits per heavy atom. The van der Waals surface area contributed by atoms with E-state index in [2.05, 4.69) is 44.1 Å². The van der Waals surface area contributed by atoms with E-state index in [0.29, 0.717) is 6.54 Å². The molecule has 4 heterocycles. The minimum absolute atomic E-state index is 0.242. The van der Waals surface area contributed by atoms with Crippen LogP contribution >= 0.6 is 11.3 Å². The second kappa shape index (κ2) is 8.40. The molecule has 2 aliphatic rings. The van der Waals surface area contributed by atoms with Crippen LogP contribution in [0.25, 0.3) is 11.0 Å². The van der Waals surface area contributed by atoms with E-state index in [4.69, 9.17) is 4.98 Å². The van der Waals surface area contributed by atoms with Gasteiger partial charge < -0.3 is 14.8 Å². The molecule has 7 heteroatoms. The molecule has 3 aromatic rings. The van der Waals surface area contributed by atoms with Crippen molar-refractivity contribution in [3.63, 3.8) is 0 Å². The molecule has 1 atom stereocenters. The van der Waals surface area contributed by atoms with E-state index >= 15 is 0 Å². The van der Waals surface area contributed by atoms with E-state index in [9.17, 15) is 4.79 Å². The van der Waals surface area contributed by atoms with Gasteiger partial charge in [0.15, 0.2) is 0 Å². The van der Waals surface area contributed by atoms with Gasteiger partial charge in [-0.1, -0.05) is 19.1 Å². The average Bonchev–Trinajstić information content (AvgIpc) is 3.35. The van der Waals surface area contributed by atoms with E-state index < -0.39 is 0 Å². The number of carbonyl (C=O) groups excluding carboxylic acids is 1. The number of H-pyrrole nitrogens is 1. The van der Waals surface area contributed by atoms with E-state index in [1.54, 1.807) is 0 Å². The Bertz CT molecular complexity index is 994. The molecule has 0 saturated carbocycles. The third kappa shape index (κ3) is 3.72. The summed E-state index contributed by atoms with van der Waals surface area (Å²) in [6, 6.07) is 10.6. The van der Waals surface area contributed by atoms with Gasteiger partial charge in [-0.05, 0) is 48.4 Å². The lowest BCUT2D eigenvalue weighted by atomic mass is 9.97. The van der Waals surface area contributed by atoms with Crippen molar-refractivity contribution in [3.05, 3.63) is 46.2 Å². The molecule has 0 radical (unpaired) electrons. The van der Waals surface area contributed by atoms with Crippen molar-refractivity contribution >= 4 is 34.2 Å². The summed E-state index contributed by atoms with van der Waals surface area (Å²) in [5.41, 5.74) is 3.45. The maximum Gasteiger partial charge on any atom is 0.237 e. The molecule has 2 aliphatic heterocycles. The molecule has 1 saturated heterocycles. The third-order valence-corrected chi connectivity index (χ3v) is 7.42. The number of hydrogen-bond acceptors (Lipinski definition) is 5. The van der Waals surface area contributed by atoms with Gasteiger partial charge in [-0.15, -0.1) is 11.3 Å². The molecule has 0 spiro atoms. The first-order chi connectivity index (χ1) is 14.7. The quantitative estimate of drug-likeness (QED) is 0.696. The van der Waals surface area contributed by atoms with Gasteiger partial charge in [-0.2, -0.15) is 0 Å². The minimum Gasteiger partial charge on any atom is -0.341 e. The van der Waals surface area contributed by atoms with Crippen LogP contribution in [0.3, 0.4) is 0 Å². The van der Waals surface area contributed by atoms with Crippen LogP contribution in [0, 0.1) is 0 Å². The van der Waals surface area contributed by atoms with Gasteiger partial charge in [0, 0.05) is 37.6 Å². The second-order valence-corrected chi connectivity index (χ2v) is 9.26. The SMILES string of the molecule is CCC1c2ccsc2CCN1C(=O)CN1CCCN(c2nc3ccccc3[nH]2)CC1. The number of amides is 1. The predicted molar refractivity (Wildman–Crippen MR) is 122 cm³/mol. The van der Waals surface area contributed by atoms with Gasteiger partial charge in [-0.25, -0.2) is 4.98 Å². The third-order valence-electron chi connectivity index (χ3n) is 6.43. The summed E-state index contributed by atoms with van der Waals surface area (Å²) < 4.78 is 0. The van der Waals surface area contributed by atoms with Gasteiger partial charge in [0.25, 0.3) is 0 Å². The number of nitrogens with one attached hydrogen (secondary N) is 1. The lowest BCUT2D eigenvalue weighted by Gasteiger charge is -2.36. The van der Waals surface area contributed by atoms with Crippen LogP contribution in [0.1, 0.15) is 36.2 Å². The zero-order valence-corrected chi connectivity index (χ0v) is 18.3. The van der Waals surface area contributed by atoms with E-state index in [0.717, 1.165) is 69.0 Å². The van der Waals surface area contributed by atoms with Gasteiger partial charge in [-0.3, -0.25) is 9.69 Å². The fourth-order valence-corrected chi connectivity index (χ4v) is 5.78. The van der Waals surface area contributed by atoms with Gasteiger partial charge >= 0.3 is 0 Å². The lowest BCUT2D eigenvalue weighted by Crippen LogP contribution is -2.45. The zero-order valence-electron chi connectivity index (χ0n) is 17.5. The molecule has 1 aromatic carbocycles. The molecule has 1 N–H and O–H groups in total. The first-order valence-corrected chi connectivity index (χ1v) is 11.9. The summed E-state index contributed by atoms with van der Waals surface area (Å²) in [5, 5.41) is 2.17. The summed E-state index contributed by atoms with van der Waals surface area (Å²) in [4.78, 5) is 29.6. The van der Waals surface area contributed by atoms with Crippen LogP contribution < -0.4 is 4.90 Å². The Kier molecular flexibility index (Phi) is 5.48. The Labute approximate surface area is 181 Å². The van der Waals surface area contributed by atoms with E-state index in [1.165, 1.54) is 10.4 Å². The highest BCUT2D eigenvalue weighted by Gasteiger charge is 2.31. The van der Waals surface area contributed by atoms with Gasteiger partial charge in [0.1, 0.15) is 0 Å². The fourth-order valence-electron chi connectivity index (χ4n) is 4.85. The highest BCUT2D eigenvalue weighted by atomic mass is 32.1. The van der Waals surface area contributed by atoms with Crippen molar-refractivity contribution in [2.45, 2.75) is 32.2 Å². The van der Waals surface area contributed by atoms with Crippen LogP contribution in [-0.2, 0) is 11.2 Å². The molecule has 158 valence electrons. The van der Waals surface area contributed by atoms with Crippen molar-refractivity contribution in [2.24, 2.45) is 0 Å². The number of thiophene rings is 1. The first kappa shape index (κ1) is 19.6. The summed E-state index contributed by atoms with van der Waals surface area (Å²) >= 11 is 1.83. The Morgan fingerprint density at radius 2 is 2.07 bits per heavy atom. The van der Waals surface area contributed by atoms with Gasteiger partial charge in [0.05, 0.1) is 23.6 Å². The molecule has 1 amide bonds. The summed E-state index contributed by atoms with van der Waals surface area (Å²) in [6.45, 7) is 7.25. The highest BCUT2D eigenvalue weighted by Crippen LogP contribution is 2.35. The molecular weight excluding hydrogens is 394 g/mol. The second-order valence-electron chi connectivity index (χ2n) is 8.25. The predicted octanol–water partition coefficient (Wildman–Crippen LogP) is 3.67. The minimum atomic E-state index is 0.242. The van der Waals surface area contributed by atoms with Crippen molar-refractivity contribution in [1.29, 1.82) is 0 Å². The summed E-state index contributed by atoms with van der Waals surface area (Å²) in [5.74, 6) is 1.22. The Hall–Kier alpha value is -2.38. The van der Waals surface area contributed by atoms with Crippen molar-refractivity contribution in [2.75, 3.05) is 44.2 Å². The molecule has 2 aromatic heterocycles. The molecule has 1 unspecified atom stereocenters. The van der Waals surface area contributed by atoms with Crippen LogP contribution in [-0.4, -0.2) is 64.9 Å². The van der Waals surface area contributed by atoms with Crippen LogP contribution in [0.15, 0.2) is 35.7 Å². The normalized spacial score (nSPS) is 20.4. The Balaban J connectivity index is 1.22. The van der Waals surface area contributed by atoms with Crippen molar-refractivity contribution in [3.8, 4) is 0 Å². The topological polar surface area (TPSA) is 55.5 Å². The Morgan fingerprint density at radius 3 is 2.93 bits per heavy atom. The molecule has 6 nitrogen and oxygen atoms in total. The first-order valence-electron chi connectivity index (χ1n) is 11.0. The number of imidazole rings is 1. The molecule has 0 aliphatic carbocycles. The van der Waals surface area contributed by atoms with Gasteiger partial charge in [0.2, 0.25) is 11.9 Å². The number of anilines is 1. The molecular formula is C23H29N5OS. The monoisotopic (exact) mass is 423 g/mol. The lowest BCUT2D eigenvalue weighted by molar-refractivity contribution is -0.135. The fraction of sp³-hybridized carbons (Fsp3) is 0.478. The van der Waals surface area contributed by atoms with Crippen LogP contribution in [0.5, 0.6) is 0 Å². The number of benzene rings is 1. The number of hydrogen-bond donors (Lipinski definition) is 1. The largest absolute Gasteiger partial charge is 0.341 e. The van der Waals surface area contributed by atoms with Crippen molar-refractivity contribution in [1.82, 2.24) is 19.8 Å². The van der Waals surface area contributed by atoms with Crippen LogP contribution in [0.2, 0.25) is 0 Å². The number of carbonyl (C=O) groups is 1. The molecule has 0 bridgehead atoms. The number of nitrogens with zero attached hydrogens (tertiary/aromatic N) is 4. The maximum absolute atomic E-state index is 13.2. The maximum atomic E-state index is 13.2. The molecule has 30 heavy (non-hydrogen) atoms. The average molecular weight is 424 g/mol. The number of aromatic amines is 1. The molecule has 1 fully saturated rings. The van der Waals surface area contributed by atoms with E-state index in [-0.39, 0.29) is 11.9 Å². The summed E-state index contributed by atoms with van der Waals surface area (Å²) in [7, 11) is 0. The number of aromatic nitrogens is 2. The zero-order chi connectivity index (χ0) is 20.5.